The van der Waals surface area contributed by atoms with E-state index in [0.29, 0.717) is 23.8 Å². The summed E-state index contributed by atoms with van der Waals surface area (Å²) in [5.41, 5.74) is 5.02. The van der Waals surface area contributed by atoms with E-state index in [-0.39, 0.29) is 17.3 Å². The summed E-state index contributed by atoms with van der Waals surface area (Å²) in [5, 5.41) is 0. The summed E-state index contributed by atoms with van der Waals surface area (Å²) in [7, 11) is 4.75. The summed E-state index contributed by atoms with van der Waals surface area (Å²) < 4.78 is 16.1. The molecule has 1 aromatic rings. The van der Waals surface area contributed by atoms with Crippen molar-refractivity contribution in [2.45, 2.75) is 60.5 Å². The van der Waals surface area contributed by atoms with Crippen molar-refractivity contribution in [3.8, 4) is 11.6 Å². The molecular weight excluding hydrogens is 390 g/mol. The first-order valence-electron chi connectivity index (χ1n) is 10.7. The highest BCUT2D eigenvalue weighted by molar-refractivity contribution is 5.40. The molecule has 0 aromatic carbocycles. The van der Waals surface area contributed by atoms with Crippen LogP contribution >= 0.6 is 0 Å². The highest BCUT2D eigenvalue weighted by atomic mass is 16.5. The van der Waals surface area contributed by atoms with Crippen molar-refractivity contribution in [1.29, 1.82) is 0 Å². The second kappa shape index (κ2) is 13.0. The van der Waals surface area contributed by atoms with Gasteiger partial charge in [0, 0.05) is 30.7 Å². The molecule has 0 spiro atoms. The van der Waals surface area contributed by atoms with Crippen LogP contribution in [0.3, 0.4) is 0 Å². The molecular formula is C26H39NO4. The number of nitrogens with one attached hydrogen (secondary N) is 1. The summed E-state index contributed by atoms with van der Waals surface area (Å²) in [6.07, 6.45) is 12.4. The largest absolute Gasteiger partial charge is 0.488 e. The van der Waals surface area contributed by atoms with E-state index in [9.17, 15) is 4.79 Å². The highest BCUT2D eigenvalue weighted by Crippen LogP contribution is 2.22. The Morgan fingerprint density at radius 1 is 1.13 bits per heavy atom. The van der Waals surface area contributed by atoms with E-state index in [0.717, 1.165) is 12.1 Å². The molecule has 0 aliphatic heterocycles. The summed E-state index contributed by atoms with van der Waals surface area (Å²) in [4.78, 5) is 15.6. The van der Waals surface area contributed by atoms with Crippen molar-refractivity contribution < 1.29 is 14.2 Å². The molecule has 5 nitrogen and oxygen atoms in total. The number of aromatic amines is 1. The average Bonchev–Trinajstić information content (AvgIpc) is 2.74. The minimum Gasteiger partial charge on any atom is -0.488 e. The van der Waals surface area contributed by atoms with Crippen LogP contribution in [0.2, 0.25) is 0 Å². The van der Waals surface area contributed by atoms with Gasteiger partial charge in [0.2, 0.25) is 17.1 Å². The summed E-state index contributed by atoms with van der Waals surface area (Å²) >= 11 is 0. The third-order valence-electron chi connectivity index (χ3n) is 5.51. The number of hydrogen-bond donors (Lipinski definition) is 1. The lowest BCUT2D eigenvalue weighted by Gasteiger charge is -2.21. The highest BCUT2D eigenvalue weighted by Gasteiger charge is 2.16. The SMILES string of the molecule is C/C=C(\C)[C@H](OC)[C@H](C)/C=C(C)/C=C/C/C(C)=C/Cc1[nH]c(OC)c(OC)c(=O)c1C. The van der Waals surface area contributed by atoms with Crippen molar-refractivity contribution >= 4 is 0 Å². The van der Waals surface area contributed by atoms with E-state index in [1.165, 1.54) is 30.9 Å². The van der Waals surface area contributed by atoms with Crippen LogP contribution in [0.25, 0.3) is 0 Å². The number of pyridine rings is 1. The van der Waals surface area contributed by atoms with E-state index in [1.807, 2.05) is 6.92 Å². The Kier molecular flexibility index (Phi) is 11.1. The van der Waals surface area contributed by atoms with Gasteiger partial charge in [0.25, 0.3) is 0 Å². The lowest BCUT2D eigenvalue weighted by Crippen LogP contribution is -2.20. The Morgan fingerprint density at radius 3 is 2.35 bits per heavy atom. The van der Waals surface area contributed by atoms with Gasteiger partial charge < -0.3 is 19.2 Å². The Balaban J connectivity index is 2.83. The maximum Gasteiger partial charge on any atom is 0.238 e. The van der Waals surface area contributed by atoms with Crippen LogP contribution in [0.4, 0.5) is 0 Å². The third-order valence-corrected chi connectivity index (χ3v) is 5.51. The molecule has 1 N–H and O–H groups in total. The number of hydrogen-bond acceptors (Lipinski definition) is 4. The van der Waals surface area contributed by atoms with Crippen LogP contribution in [0.1, 0.15) is 52.3 Å². The molecule has 0 amide bonds. The number of rotatable bonds is 11. The molecule has 1 heterocycles. The predicted octanol–water partition coefficient (Wildman–Crippen LogP) is 5.70. The molecule has 0 unspecified atom stereocenters. The van der Waals surface area contributed by atoms with Crippen molar-refractivity contribution in [1.82, 2.24) is 4.98 Å². The fourth-order valence-corrected chi connectivity index (χ4v) is 3.56. The zero-order chi connectivity index (χ0) is 23.6. The maximum atomic E-state index is 12.4. The van der Waals surface area contributed by atoms with Crippen molar-refractivity contribution in [3.05, 3.63) is 68.6 Å². The molecule has 5 heteroatoms. The molecule has 0 radical (unpaired) electrons. The number of ether oxygens (including phenoxy) is 3. The van der Waals surface area contributed by atoms with Crippen LogP contribution in [-0.4, -0.2) is 32.4 Å². The standard InChI is InChI=1S/C26H39NO4/c1-10-19(4)24(29-7)20(5)16-18(3)13-11-12-17(2)14-15-22-21(6)23(28)25(30-8)26(27-22)31-9/h10-11,13-14,16,20,24H,12,15H2,1-9H3,(H,27,28)/b13-11+,17-14+,18-16+,19-10+/t20-,24+/m1/s1. The normalized spacial score (nSPS) is 15.3. The monoisotopic (exact) mass is 429 g/mol. The third kappa shape index (κ3) is 7.59. The molecule has 0 aliphatic carbocycles. The number of methoxy groups -OCH3 is 3. The summed E-state index contributed by atoms with van der Waals surface area (Å²) in [5.74, 6) is 0.869. The van der Waals surface area contributed by atoms with Gasteiger partial charge >= 0.3 is 0 Å². The quantitative estimate of drug-likeness (QED) is 0.362. The lowest BCUT2D eigenvalue weighted by atomic mass is 9.95. The van der Waals surface area contributed by atoms with E-state index < -0.39 is 0 Å². The molecule has 0 fully saturated rings. The van der Waals surface area contributed by atoms with Crippen molar-refractivity contribution in [2.75, 3.05) is 21.3 Å². The fraction of sp³-hybridized carbons (Fsp3) is 0.500. The van der Waals surface area contributed by atoms with Crippen LogP contribution in [0.5, 0.6) is 11.6 Å². The number of aromatic nitrogens is 1. The lowest BCUT2D eigenvalue weighted by molar-refractivity contribution is 0.103. The van der Waals surface area contributed by atoms with Gasteiger partial charge in [-0.3, -0.25) is 4.79 Å². The van der Waals surface area contributed by atoms with Gasteiger partial charge in [-0.25, -0.2) is 0 Å². The molecule has 1 rings (SSSR count). The van der Waals surface area contributed by atoms with Crippen LogP contribution in [0, 0.1) is 12.8 Å². The summed E-state index contributed by atoms with van der Waals surface area (Å²) in [6, 6.07) is 0. The molecule has 172 valence electrons. The molecule has 0 bridgehead atoms. The second-order valence-electron chi connectivity index (χ2n) is 7.94. The van der Waals surface area contributed by atoms with Gasteiger partial charge in [0.15, 0.2) is 0 Å². The zero-order valence-electron chi connectivity index (χ0n) is 20.6. The molecule has 31 heavy (non-hydrogen) atoms. The first-order chi connectivity index (χ1) is 14.7. The van der Waals surface area contributed by atoms with Crippen molar-refractivity contribution in [2.24, 2.45) is 5.92 Å². The molecule has 0 saturated carbocycles. The Labute approximate surface area is 187 Å². The molecule has 2 atom stereocenters. The number of H-pyrrole nitrogens is 1. The van der Waals surface area contributed by atoms with Gasteiger partial charge in [-0.15, -0.1) is 0 Å². The van der Waals surface area contributed by atoms with Crippen LogP contribution < -0.4 is 14.9 Å². The molecule has 1 aromatic heterocycles. The predicted molar refractivity (Wildman–Crippen MR) is 129 cm³/mol. The first-order valence-corrected chi connectivity index (χ1v) is 10.7. The van der Waals surface area contributed by atoms with Gasteiger partial charge in [-0.05, 0) is 46.6 Å². The maximum absolute atomic E-state index is 12.4. The van der Waals surface area contributed by atoms with E-state index in [4.69, 9.17) is 14.2 Å². The zero-order valence-corrected chi connectivity index (χ0v) is 20.6. The smallest absolute Gasteiger partial charge is 0.238 e. The number of allylic oxidation sites excluding steroid dienone is 6. The second-order valence-corrected chi connectivity index (χ2v) is 7.94. The minimum atomic E-state index is -0.142. The fourth-order valence-electron chi connectivity index (χ4n) is 3.56. The summed E-state index contributed by atoms with van der Waals surface area (Å²) in [6.45, 7) is 12.3. The van der Waals surface area contributed by atoms with E-state index >= 15 is 0 Å². The first kappa shape index (κ1) is 26.5. The van der Waals surface area contributed by atoms with Gasteiger partial charge in [-0.1, -0.05) is 48.5 Å². The van der Waals surface area contributed by atoms with Crippen LogP contribution in [-0.2, 0) is 11.2 Å². The molecule has 0 saturated heterocycles. The Hall–Kier alpha value is -2.53. The average molecular weight is 430 g/mol. The van der Waals surface area contributed by atoms with E-state index in [2.05, 4.69) is 63.1 Å². The minimum absolute atomic E-state index is 0.0989. The van der Waals surface area contributed by atoms with Gasteiger partial charge in [0.05, 0.1) is 20.3 Å². The Morgan fingerprint density at radius 2 is 1.81 bits per heavy atom. The van der Waals surface area contributed by atoms with Gasteiger partial charge in [0.1, 0.15) is 0 Å². The van der Waals surface area contributed by atoms with E-state index in [1.54, 1.807) is 14.0 Å². The van der Waals surface area contributed by atoms with Crippen molar-refractivity contribution in [3.63, 3.8) is 0 Å². The Bertz CT molecular complexity index is 903. The topological polar surface area (TPSA) is 60.6 Å². The van der Waals surface area contributed by atoms with Crippen LogP contribution in [0.15, 0.2) is 51.9 Å². The van der Waals surface area contributed by atoms with Gasteiger partial charge in [-0.2, -0.15) is 0 Å². The molecule has 0 aliphatic rings.